The molecule has 0 spiro atoms. The van der Waals surface area contributed by atoms with Crippen LogP contribution in [0.15, 0.2) is 48.5 Å². The average Bonchev–Trinajstić information content (AvgIpc) is 3.02. The zero-order valence-corrected chi connectivity index (χ0v) is 14.7. The number of benzene rings is 2. The summed E-state index contributed by atoms with van der Waals surface area (Å²) < 4.78 is 10.4. The van der Waals surface area contributed by atoms with Crippen LogP contribution in [0, 0.1) is 0 Å². The van der Waals surface area contributed by atoms with Gasteiger partial charge in [0.25, 0.3) is 0 Å². The number of anilines is 2. The molecule has 0 saturated carbocycles. The Morgan fingerprint density at radius 3 is 2.58 bits per heavy atom. The number of urea groups is 1. The normalized spacial score (nSPS) is 16.3. The summed E-state index contributed by atoms with van der Waals surface area (Å²) in [4.78, 5) is 26.2. The van der Waals surface area contributed by atoms with Gasteiger partial charge in [-0.05, 0) is 24.3 Å². The number of hydrogen-bond acceptors (Lipinski definition) is 4. The highest BCUT2D eigenvalue weighted by Crippen LogP contribution is 2.29. The zero-order valence-electron chi connectivity index (χ0n) is 14.7. The van der Waals surface area contributed by atoms with Gasteiger partial charge in [0, 0.05) is 24.7 Å². The lowest BCUT2D eigenvalue weighted by molar-refractivity contribution is -0.117. The van der Waals surface area contributed by atoms with E-state index in [4.69, 9.17) is 9.47 Å². The van der Waals surface area contributed by atoms with E-state index in [1.165, 1.54) is 7.11 Å². The fraction of sp³-hybridized carbons (Fsp3) is 0.263. The highest BCUT2D eigenvalue weighted by atomic mass is 16.5. The molecule has 0 unspecified atom stereocenters. The van der Waals surface area contributed by atoms with E-state index in [0.717, 1.165) is 5.69 Å². The molecular formula is C19H21N3O4. The molecule has 1 aliphatic rings. The van der Waals surface area contributed by atoms with Gasteiger partial charge in [-0.1, -0.05) is 18.2 Å². The maximum absolute atomic E-state index is 12.3. The van der Waals surface area contributed by atoms with E-state index in [1.807, 2.05) is 30.3 Å². The monoisotopic (exact) mass is 355 g/mol. The molecule has 136 valence electrons. The van der Waals surface area contributed by atoms with Crippen molar-refractivity contribution in [1.82, 2.24) is 5.32 Å². The number of rotatable bonds is 5. The zero-order chi connectivity index (χ0) is 18.5. The van der Waals surface area contributed by atoms with Crippen molar-refractivity contribution in [2.75, 3.05) is 31.0 Å². The summed E-state index contributed by atoms with van der Waals surface area (Å²) in [5, 5.41) is 5.59. The van der Waals surface area contributed by atoms with Crippen molar-refractivity contribution < 1.29 is 19.1 Å². The largest absolute Gasteiger partial charge is 0.497 e. The maximum atomic E-state index is 12.3. The second-order valence-electron chi connectivity index (χ2n) is 5.91. The number of nitrogens with one attached hydrogen (secondary N) is 2. The molecule has 0 radical (unpaired) electrons. The number of para-hydroxylation sites is 1. The number of ether oxygens (including phenoxy) is 2. The van der Waals surface area contributed by atoms with Crippen molar-refractivity contribution in [2.45, 2.75) is 12.5 Å². The first-order valence-corrected chi connectivity index (χ1v) is 8.25. The van der Waals surface area contributed by atoms with Gasteiger partial charge in [-0.2, -0.15) is 0 Å². The number of hydrogen-bond donors (Lipinski definition) is 2. The van der Waals surface area contributed by atoms with Gasteiger partial charge >= 0.3 is 6.03 Å². The molecule has 26 heavy (non-hydrogen) atoms. The van der Waals surface area contributed by atoms with E-state index in [0.29, 0.717) is 23.7 Å². The molecule has 1 aliphatic heterocycles. The summed E-state index contributed by atoms with van der Waals surface area (Å²) in [5.41, 5.74) is 1.32. The molecule has 1 fully saturated rings. The van der Waals surface area contributed by atoms with Crippen LogP contribution in [0.2, 0.25) is 0 Å². The first kappa shape index (κ1) is 17.6. The Bertz CT molecular complexity index is 795. The number of carbonyl (C=O) groups excluding carboxylic acids is 2. The molecule has 1 atom stereocenters. The van der Waals surface area contributed by atoms with Crippen LogP contribution in [-0.4, -0.2) is 38.7 Å². The summed E-state index contributed by atoms with van der Waals surface area (Å²) in [5.74, 6) is 1.11. The summed E-state index contributed by atoms with van der Waals surface area (Å²) in [7, 11) is 3.08. The van der Waals surface area contributed by atoms with Gasteiger partial charge in [0.15, 0.2) is 0 Å². The third-order valence-corrected chi connectivity index (χ3v) is 4.18. The van der Waals surface area contributed by atoms with Gasteiger partial charge in [-0.3, -0.25) is 4.79 Å². The van der Waals surface area contributed by atoms with Crippen LogP contribution in [0.25, 0.3) is 0 Å². The van der Waals surface area contributed by atoms with Gasteiger partial charge in [-0.25, -0.2) is 4.79 Å². The van der Waals surface area contributed by atoms with Crippen molar-refractivity contribution in [3.63, 3.8) is 0 Å². The van der Waals surface area contributed by atoms with Gasteiger partial charge in [0.1, 0.15) is 11.5 Å². The van der Waals surface area contributed by atoms with Gasteiger partial charge < -0.3 is 25.0 Å². The molecular weight excluding hydrogens is 334 g/mol. The van der Waals surface area contributed by atoms with Crippen LogP contribution < -0.4 is 25.0 Å². The first-order chi connectivity index (χ1) is 12.6. The lowest BCUT2D eigenvalue weighted by Crippen LogP contribution is -2.39. The molecule has 1 saturated heterocycles. The van der Waals surface area contributed by atoms with Crippen LogP contribution in [0.4, 0.5) is 16.2 Å². The lowest BCUT2D eigenvalue weighted by Gasteiger charge is -2.18. The highest BCUT2D eigenvalue weighted by Gasteiger charge is 2.31. The molecule has 0 aromatic heterocycles. The number of amides is 3. The summed E-state index contributed by atoms with van der Waals surface area (Å²) in [6.45, 7) is 0.436. The SMILES string of the molecule is COc1ccc(OC)c(NC(=O)N[C@@H]2CC(=O)N(c3ccccc3)C2)c1. The fourth-order valence-corrected chi connectivity index (χ4v) is 2.92. The van der Waals surface area contributed by atoms with E-state index in [9.17, 15) is 9.59 Å². The maximum Gasteiger partial charge on any atom is 0.319 e. The smallest absolute Gasteiger partial charge is 0.319 e. The summed E-state index contributed by atoms with van der Waals surface area (Å²) in [6.07, 6.45) is 0.261. The van der Waals surface area contributed by atoms with Crippen molar-refractivity contribution in [2.24, 2.45) is 0 Å². The molecule has 2 aromatic rings. The van der Waals surface area contributed by atoms with Crippen LogP contribution in [-0.2, 0) is 4.79 Å². The topological polar surface area (TPSA) is 79.9 Å². The number of nitrogens with zero attached hydrogens (tertiary/aromatic N) is 1. The molecule has 7 nitrogen and oxygen atoms in total. The lowest BCUT2D eigenvalue weighted by atomic mass is 10.2. The highest BCUT2D eigenvalue weighted by molar-refractivity contribution is 5.98. The van der Waals surface area contributed by atoms with Crippen molar-refractivity contribution in [3.05, 3.63) is 48.5 Å². The van der Waals surface area contributed by atoms with Gasteiger partial charge in [0.2, 0.25) is 5.91 Å². The van der Waals surface area contributed by atoms with E-state index in [1.54, 1.807) is 30.2 Å². The molecule has 0 bridgehead atoms. The average molecular weight is 355 g/mol. The molecule has 3 amide bonds. The Labute approximate surface area is 151 Å². The molecule has 2 aromatic carbocycles. The predicted molar refractivity (Wildman–Crippen MR) is 98.9 cm³/mol. The summed E-state index contributed by atoms with van der Waals surface area (Å²) in [6, 6.07) is 13.9. The number of methoxy groups -OCH3 is 2. The summed E-state index contributed by atoms with van der Waals surface area (Å²) >= 11 is 0. The van der Waals surface area contributed by atoms with Crippen LogP contribution in [0.5, 0.6) is 11.5 Å². The molecule has 2 N–H and O–H groups in total. The predicted octanol–water partition coefficient (Wildman–Crippen LogP) is 2.63. The van der Waals surface area contributed by atoms with Crippen molar-refractivity contribution in [3.8, 4) is 11.5 Å². The first-order valence-electron chi connectivity index (χ1n) is 8.25. The molecule has 3 rings (SSSR count). The van der Waals surface area contributed by atoms with E-state index < -0.39 is 6.03 Å². The van der Waals surface area contributed by atoms with E-state index in [2.05, 4.69) is 10.6 Å². The second kappa shape index (κ2) is 7.77. The molecule has 7 heteroatoms. The standard InChI is InChI=1S/C19H21N3O4/c1-25-15-8-9-17(26-2)16(11-15)21-19(24)20-13-10-18(23)22(12-13)14-6-4-3-5-7-14/h3-9,11,13H,10,12H2,1-2H3,(H2,20,21,24)/t13-/m1/s1. The van der Waals surface area contributed by atoms with Crippen molar-refractivity contribution in [1.29, 1.82) is 0 Å². The molecule has 1 heterocycles. The van der Waals surface area contributed by atoms with Gasteiger partial charge in [0.05, 0.1) is 25.9 Å². The van der Waals surface area contributed by atoms with Crippen LogP contribution in [0.3, 0.4) is 0 Å². The van der Waals surface area contributed by atoms with E-state index >= 15 is 0 Å². The Hall–Kier alpha value is -3.22. The minimum absolute atomic E-state index is 0.0135. The number of carbonyl (C=O) groups is 2. The van der Waals surface area contributed by atoms with Gasteiger partial charge in [-0.15, -0.1) is 0 Å². The van der Waals surface area contributed by atoms with Crippen molar-refractivity contribution >= 4 is 23.3 Å². The third kappa shape index (κ3) is 3.88. The van der Waals surface area contributed by atoms with Crippen LogP contribution in [0.1, 0.15) is 6.42 Å². The fourth-order valence-electron chi connectivity index (χ4n) is 2.92. The van der Waals surface area contributed by atoms with E-state index in [-0.39, 0.29) is 18.4 Å². The minimum Gasteiger partial charge on any atom is -0.497 e. The van der Waals surface area contributed by atoms with Crippen LogP contribution >= 0.6 is 0 Å². The third-order valence-electron chi connectivity index (χ3n) is 4.18. The Balaban J connectivity index is 1.63. The molecule has 0 aliphatic carbocycles. The Morgan fingerprint density at radius 1 is 1.12 bits per heavy atom. The second-order valence-corrected chi connectivity index (χ2v) is 5.91. The Morgan fingerprint density at radius 2 is 1.88 bits per heavy atom. The quantitative estimate of drug-likeness (QED) is 0.864. The minimum atomic E-state index is -0.399. The Kier molecular flexibility index (Phi) is 5.26.